The maximum absolute atomic E-state index is 14.9. The zero-order valence-electron chi connectivity index (χ0n) is 74.2. The summed E-state index contributed by atoms with van der Waals surface area (Å²) in [6.45, 7) is 14.2. The fraction of sp³-hybridized carbons (Fsp3) is 0.692. The van der Waals surface area contributed by atoms with Crippen LogP contribution in [0.2, 0.25) is 0 Å². The molecule has 1 aliphatic rings. The van der Waals surface area contributed by atoms with Gasteiger partial charge in [-0.1, -0.05) is 61.8 Å². The van der Waals surface area contributed by atoms with E-state index in [1.165, 1.54) is 0 Å². The second kappa shape index (κ2) is 58.3. The number of aliphatic carboxylic acids is 3. The molecule has 1 heterocycles. The van der Waals surface area contributed by atoms with Gasteiger partial charge in [-0.2, -0.15) is 0 Å². The highest BCUT2D eigenvalue weighted by Crippen LogP contribution is 2.23. The van der Waals surface area contributed by atoms with E-state index >= 15 is 0 Å². The van der Waals surface area contributed by atoms with Crippen molar-refractivity contribution in [1.29, 1.82) is 10.8 Å². The van der Waals surface area contributed by atoms with Crippen molar-refractivity contribution in [2.45, 2.75) is 301 Å². The molecule has 19 amide bonds. The van der Waals surface area contributed by atoms with Crippen molar-refractivity contribution in [2.75, 3.05) is 19.6 Å². The van der Waals surface area contributed by atoms with Crippen LogP contribution in [0.3, 0.4) is 0 Å². The first-order chi connectivity index (χ1) is 60.2. The van der Waals surface area contributed by atoms with E-state index in [0.717, 1.165) is 11.8 Å². The van der Waals surface area contributed by atoms with Crippen LogP contribution in [0.1, 0.15) is 210 Å². The lowest BCUT2D eigenvalue weighted by Gasteiger charge is -2.32. The smallest absolute Gasteiger partial charge is 0.326 e. The summed E-state index contributed by atoms with van der Waals surface area (Å²) in [5.41, 5.74) is 43.6. The minimum Gasteiger partial charge on any atom is -0.481 e. The van der Waals surface area contributed by atoms with Gasteiger partial charge in [0.2, 0.25) is 112 Å². The summed E-state index contributed by atoms with van der Waals surface area (Å²) in [6, 6.07) is -24.3. The van der Waals surface area contributed by atoms with E-state index in [1.54, 1.807) is 55.4 Å². The Balaban J connectivity index is 3.79. The standard InChI is InChI=1S/C78H134N26O25/c1-10-39(8)61(74(126)97-42(14-11-29-89-77(85)86)65(117)102-52(76(128)129)35-58(84)109)103-73(125)53-16-13-31-104(53)75(127)48(15-12-30-90-78(87)88)98-69(121)47(22-28-60(112)113)94-66(118)43(18-24-55(81)106)92-67(119)44(19-25-56(82)107)96-71(123)51(34-38(6)7)101-72(124)49(32-36(2)3)99-62(114)40(9)91-64(116)46(21-27-59(110)111)93-68(120)45(20-26-57(83)108)95-70(122)50(33-37(4)5)100-63(115)41(79)17-23-54(80)105/h36-53,61H,10-35,79H2,1-9H3,(H2,80,105)(H2,81,106)(H2,82,107)(H2,83,108)(H2,84,109)(H,91,116)(H,92,119)(H,93,120)(H,94,118)(H,95,122)(H,96,123)(H,97,126)(H,98,121)(H,99,114)(H,100,115)(H,101,124)(H,102,117)(H,103,125)(H,110,111)(H,112,113)(H,128,129)(H4,85,86,89)(H4,87,88,90)/t39-,40-,41-,42-,43-,44-,45-,46-,47-,48-,49-,50-,51-,52-,53-,61-/m0/s1. The molecular weight excluding hydrogens is 1700 g/mol. The van der Waals surface area contributed by atoms with Crippen molar-refractivity contribution >= 4 is 142 Å². The Labute approximate surface area is 745 Å². The highest BCUT2D eigenvalue weighted by Gasteiger charge is 2.43. The molecule has 726 valence electrons. The Morgan fingerprint density at radius 2 is 0.659 bits per heavy atom. The summed E-state index contributed by atoms with van der Waals surface area (Å²) in [6.07, 6.45) is -8.32. The summed E-state index contributed by atoms with van der Waals surface area (Å²) < 4.78 is 0. The molecule has 1 aliphatic heterocycles. The van der Waals surface area contributed by atoms with E-state index in [-0.39, 0.29) is 103 Å². The molecule has 51 heteroatoms. The molecule has 0 spiro atoms. The number of carboxylic acid groups (broad SMARTS) is 3. The molecule has 0 aromatic carbocycles. The number of hydrogen-bond donors (Lipinski definition) is 28. The third kappa shape index (κ3) is 45.7. The van der Waals surface area contributed by atoms with Gasteiger partial charge in [0.25, 0.3) is 0 Å². The predicted octanol–water partition coefficient (Wildman–Crippen LogP) is -8.91. The Hall–Kier alpha value is -13.2. The maximum atomic E-state index is 14.9. The van der Waals surface area contributed by atoms with Gasteiger partial charge in [-0.05, 0) is 127 Å². The molecule has 0 unspecified atom stereocenters. The van der Waals surface area contributed by atoms with Crippen LogP contribution in [0, 0.1) is 34.5 Å². The van der Waals surface area contributed by atoms with E-state index in [4.69, 9.17) is 56.7 Å². The number of carbonyl (C=O) groups is 22. The number of nitrogens with one attached hydrogen (secondary N) is 17. The first-order valence-corrected chi connectivity index (χ1v) is 42.4. The van der Waals surface area contributed by atoms with Crippen molar-refractivity contribution in [3.8, 4) is 0 Å². The van der Waals surface area contributed by atoms with E-state index < -0.39 is 321 Å². The molecule has 0 aliphatic carbocycles. The van der Waals surface area contributed by atoms with Gasteiger partial charge < -0.3 is 146 Å². The molecule has 0 aromatic heterocycles. The van der Waals surface area contributed by atoms with Crippen molar-refractivity contribution < 1.29 is 121 Å². The first-order valence-electron chi connectivity index (χ1n) is 42.4. The third-order valence-corrected chi connectivity index (χ3v) is 20.2. The summed E-state index contributed by atoms with van der Waals surface area (Å²) in [5, 5.41) is 81.1. The Bertz CT molecular complexity index is 3960. The van der Waals surface area contributed by atoms with Crippen LogP contribution in [0.4, 0.5) is 0 Å². The predicted molar refractivity (Wildman–Crippen MR) is 459 cm³/mol. The van der Waals surface area contributed by atoms with Crippen molar-refractivity contribution in [1.82, 2.24) is 84.7 Å². The molecule has 51 nitrogen and oxygen atoms in total. The van der Waals surface area contributed by atoms with Gasteiger partial charge in [-0.3, -0.25) is 112 Å². The molecular formula is C78H134N26O25. The molecule has 0 radical (unpaired) electrons. The number of carbonyl (C=O) groups excluding carboxylic acids is 19. The van der Waals surface area contributed by atoms with Crippen LogP contribution in [0.5, 0.6) is 0 Å². The first kappa shape index (κ1) is 114. The SMILES string of the molecule is CC[C@H](C)[C@H](NC(=O)[C@@H]1CCCN1C(=O)[C@H](CCCNC(=N)N)NC(=O)[C@H](CCC(=O)O)NC(=O)[C@H](CCC(N)=O)NC(=O)[C@H](CCC(N)=O)NC(=O)[C@H](CC(C)C)NC(=O)[C@H](CC(C)C)NC(=O)[C@H](C)NC(=O)[C@H](CCC(=O)O)NC(=O)[C@H](CCC(N)=O)NC(=O)[C@H](CC(C)C)NC(=O)[C@@H](N)CCC(N)=O)C(=O)N[C@@H](CCCNC(=N)N)C(=O)N[C@@H](CC(N)=O)C(=O)O. The van der Waals surface area contributed by atoms with Crippen LogP contribution in [-0.2, 0) is 105 Å². The summed E-state index contributed by atoms with van der Waals surface area (Å²) in [5.74, 6) is -27.0. The number of rotatable bonds is 64. The molecule has 36 N–H and O–H groups in total. The fourth-order valence-electron chi connectivity index (χ4n) is 13.1. The number of guanidine groups is 2. The van der Waals surface area contributed by atoms with Gasteiger partial charge in [0, 0.05) is 58.2 Å². The molecule has 1 rings (SSSR count). The maximum Gasteiger partial charge on any atom is 0.326 e. The normalized spacial score (nSPS) is 15.8. The zero-order chi connectivity index (χ0) is 98.4. The molecule has 1 saturated heterocycles. The number of amides is 19. The number of nitrogens with two attached hydrogens (primary N) is 8. The van der Waals surface area contributed by atoms with Crippen LogP contribution < -0.4 is 126 Å². The number of hydrogen-bond acceptors (Lipinski definition) is 25. The number of carboxylic acids is 3. The fourth-order valence-corrected chi connectivity index (χ4v) is 13.1. The molecule has 0 bridgehead atoms. The molecule has 129 heavy (non-hydrogen) atoms. The van der Waals surface area contributed by atoms with Crippen LogP contribution in [-0.4, -0.2) is 273 Å². The van der Waals surface area contributed by atoms with Crippen LogP contribution in [0.15, 0.2) is 0 Å². The van der Waals surface area contributed by atoms with Gasteiger partial charge in [0.05, 0.1) is 12.5 Å². The number of primary amides is 5. The van der Waals surface area contributed by atoms with Crippen LogP contribution in [0.25, 0.3) is 0 Å². The minimum absolute atomic E-state index is 0.00793. The largest absolute Gasteiger partial charge is 0.481 e. The van der Waals surface area contributed by atoms with E-state index in [1.807, 2.05) is 0 Å². The third-order valence-electron chi connectivity index (χ3n) is 20.2. The van der Waals surface area contributed by atoms with Gasteiger partial charge in [-0.15, -0.1) is 0 Å². The molecule has 1 fully saturated rings. The molecule has 16 atom stereocenters. The van der Waals surface area contributed by atoms with Crippen LogP contribution >= 0.6 is 0 Å². The number of likely N-dealkylation sites (tertiary alicyclic amines) is 1. The second-order valence-corrected chi connectivity index (χ2v) is 32.8. The van der Waals surface area contributed by atoms with Gasteiger partial charge in [0.1, 0.15) is 84.6 Å². The highest BCUT2D eigenvalue weighted by molar-refractivity contribution is 6.01. The van der Waals surface area contributed by atoms with Gasteiger partial charge in [0.15, 0.2) is 11.9 Å². The zero-order valence-corrected chi connectivity index (χ0v) is 74.2. The van der Waals surface area contributed by atoms with Crippen molar-refractivity contribution in [2.24, 2.45) is 69.5 Å². The second-order valence-electron chi connectivity index (χ2n) is 32.8. The lowest BCUT2D eigenvalue weighted by atomic mass is 9.96. The van der Waals surface area contributed by atoms with Crippen molar-refractivity contribution in [3.05, 3.63) is 0 Å². The monoisotopic (exact) mass is 1840 g/mol. The summed E-state index contributed by atoms with van der Waals surface area (Å²) in [4.78, 5) is 297. The van der Waals surface area contributed by atoms with E-state index in [0.29, 0.717) is 0 Å². The number of nitrogens with zero attached hydrogens (tertiary/aromatic N) is 1. The van der Waals surface area contributed by atoms with Crippen molar-refractivity contribution in [3.63, 3.8) is 0 Å². The molecule has 0 saturated carbocycles. The van der Waals surface area contributed by atoms with E-state index in [2.05, 4.69) is 79.8 Å². The van der Waals surface area contributed by atoms with Gasteiger partial charge in [-0.25, -0.2) is 4.79 Å². The average Bonchev–Trinajstić information content (AvgIpc) is 1.73. The lowest BCUT2D eigenvalue weighted by molar-refractivity contribution is -0.144. The topological polar surface area (TPSA) is 876 Å². The van der Waals surface area contributed by atoms with Gasteiger partial charge >= 0.3 is 17.9 Å². The quantitative estimate of drug-likeness (QED) is 0.0153. The Morgan fingerprint density at radius 3 is 1.00 bits per heavy atom. The molecule has 0 aromatic rings. The average molecular weight is 1840 g/mol. The summed E-state index contributed by atoms with van der Waals surface area (Å²) in [7, 11) is 0. The van der Waals surface area contributed by atoms with E-state index in [9.17, 15) is 121 Å². The highest BCUT2D eigenvalue weighted by atomic mass is 16.4. The summed E-state index contributed by atoms with van der Waals surface area (Å²) >= 11 is 0. The Kier molecular flexibility index (Phi) is 51.4. The lowest BCUT2D eigenvalue weighted by Crippen LogP contribution is -2.61. The minimum atomic E-state index is -1.92. The Morgan fingerprint density at radius 1 is 0.357 bits per heavy atom.